The third kappa shape index (κ3) is 4.07. The molecule has 1 N–H and O–H groups in total. The van der Waals surface area contributed by atoms with Crippen molar-refractivity contribution < 1.29 is 19.1 Å². The fourth-order valence-corrected chi connectivity index (χ4v) is 4.11. The van der Waals surface area contributed by atoms with Crippen LogP contribution in [0, 0.1) is 5.82 Å². The van der Waals surface area contributed by atoms with Crippen molar-refractivity contribution in [1.29, 1.82) is 0 Å². The number of nitrogens with zero attached hydrogens (tertiary/aromatic N) is 1. The number of rotatable bonds is 4. The molecule has 1 amide bonds. The minimum absolute atomic E-state index is 0.108. The number of aromatic carboxylic acids is 1. The van der Waals surface area contributed by atoms with Crippen LogP contribution < -0.4 is 4.90 Å². The van der Waals surface area contributed by atoms with Crippen LogP contribution in [-0.2, 0) is 11.3 Å². The number of fused-ring (bicyclic) bond motifs is 1. The van der Waals surface area contributed by atoms with Gasteiger partial charge in [-0.3, -0.25) is 4.79 Å². The van der Waals surface area contributed by atoms with Crippen LogP contribution in [0.1, 0.15) is 21.5 Å². The average molecular weight is 405 g/mol. The Morgan fingerprint density at radius 3 is 2.45 bits per heavy atom. The number of hydrogen-bond acceptors (Lipinski definition) is 3. The predicted molar refractivity (Wildman–Crippen MR) is 111 cm³/mol. The smallest absolute Gasteiger partial charge is 0.335 e. The molecular formula is C23H16FNO3S. The molecule has 6 heteroatoms. The topological polar surface area (TPSA) is 57.6 Å². The lowest BCUT2D eigenvalue weighted by Gasteiger charge is -2.30. The molecule has 0 saturated heterocycles. The van der Waals surface area contributed by atoms with Crippen LogP contribution in [0.3, 0.4) is 0 Å². The number of anilines is 1. The summed E-state index contributed by atoms with van der Waals surface area (Å²) in [5.74, 6) is -1.64. The quantitative estimate of drug-likeness (QED) is 0.606. The molecule has 4 nitrogen and oxygen atoms in total. The molecule has 0 saturated carbocycles. The van der Waals surface area contributed by atoms with Crippen molar-refractivity contribution in [3.8, 4) is 0 Å². The lowest BCUT2D eigenvalue weighted by atomic mass is 10.1. The number of benzene rings is 3. The molecule has 0 unspecified atom stereocenters. The largest absolute Gasteiger partial charge is 0.478 e. The SMILES string of the molecule is O=C(O)c1ccc2c(c1)N(Cc1ccc(F)cc1)C(=O)C(=Cc1ccccc1)S2. The molecular weight excluding hydrogens is 389 g/mol. The Balaban J connectivity index is 1.78. The Hall–Kier alpha value is -3.38. The van der Waals surface area contributed by atoms with Gasteiger partial charge in [0.25, 0.3) is 5.91 Å². The molecule has 0 atom stereocenters. The summed E-state index contributed by atoms with van der Waals surface area (Å²) in [6, 6.07) is 20.2. The van der Waals surface area contributed by atoms with E-state index in [4.69, 9.17) is 0 Å². The first-order valence-corrected chi connectivity index (χ1v) is 9.71. The first-order chi connectivity index (χ1) is 14.0. The van der Waals surface area contributed by atoms with Crippen LogP contribution in [0.5, 0.6) is 0 Å². The molecule has 0 bridgehead atoms. The molecule has 1 heterocycles. The fraction of sp³-hybridized carbons (Fsp3) is 0.0435. The molecule has 3 aromatic carbocycles. The van der Waals surface area contributed by atoms with Gasteiger partial charge in [0.1, 0.15) is 5.82 Å². The van der Waals surface area contributed by atoms with Gasteiger partial charge < -0.3 is 10.0 Å². The van der Waals surface area contributed by atoms with Crippen molar-refractivity contribution in [2.75, 3.05) is 4.90 Å². The van der Waals surface area contributed by atoms with Crippen molar-refractivity contribution in [3.05, 3.63) is 100 Å². The van der Waals surface area contributed by atoms with Crippen LogP contribution in [0.15, 0.2) is 82.6 Å². The van der Waals surface area contributed by atoms with Crippen molar-refractivity contribution in [1.82, 2.24) is 0 Å². The Labute approximate surface area is 171 Å². The molecule has 0 aromatic heterocycles. The summed E-state index contributed by atoms with van der Waals surface area (Å²) in [6.45, 7) is 0.210. The van der Waals surface area contributed by atoms with Crippen LogP contribution in [0.2, 0.25) is 0 Å². The summed E-state index contributed by atoms with van der Waals surface area (Å²) in [5.41, 5.74) is 2.29. The van der Waals surface area contributed by atoms with Crippen molar-refractivity contribution in [2.24, 2.45) is 0 Å². The van der Waals surface area contributed by atoms with Gasteiger partial charge in [0.2, 0.25) is 0 Å². The highest BCUT2D eigenvalue weighted by atomic mass is 32.2. The summed E-state index contributed by atoms with van der Waals surface area (Å²) >= 11 is 1.31. The van der Waals surface area contributed by atoms with E-state index in [2.05, 4.69) is 0 Å². The van der Waals surface area contributed by atoms with E-state index in [0.29, 0.717) is 10.6 Å². The normalized spacial score (nSPS) is 14.7. The van der Waals surface area contributed by atoms with Crippen LogP contribution in [0.25, 0.3) is 6.08 Å². The average Bonchev–Trinajstić information content (AvgIpc) is 2.73. The highest BCUT2D eigenvalue weighted by molar-refractivity contribution is 8.04. The van der Waals surface area contributed by atoms with E-state index in [1.807, 2.05) is 36.4 Å². The van der Waals surface area contributed by atoms with E-state index in [1.165, 1.54) is 36.0 Å². The predicted octanol–water partition coefficient (Wildman–Crippen LogP) is 5.20. The van der Waals surface area contributed by atoms with Gasteiger partial charge in [0.15, 0.2) is 0 Å². The summed E-state index contributed by atoms with van der Waals surface area (Å²) in [4.78, 5) is 27.5. The van der Waals surface area contributed by atoms with E-state index < -0.39 is 5.97 Å². The van der Waals surface area contributed by atoms with Crippen LogP contribution in [0.4, 0.5) is 10.1 Å². The van der Waals surface area contributed by atoms with E-state index in [1.54, 1.807) is 23.1 Å². The van der Waals surface area contributed by atoms with Gasteiger partial charge in [-0.25, -0.2) is 9.18 Å². The maximum absolute atomic E-state index is 13.3. The Kier molecular flexibility index (Phi) is 5.18. The van der Waals surface area contributed by atoms with Crippen molar-refractivity contribution in [3.63, 3.8) is 0 Å². The molecule has 29 heavy (non-hydrogen) atoms. The molecule has 0 aliphatic carbocycles. The van der Waals surface area contributed by atoms with Gasteiger partial charge in [-0.05, 0) is 47.5 Å². The molecule has 3 aromatic rings. The maximum Gasteiger partial charge on any atom is 0.335 e. The second-order valence-electron chi connectivity index (χ2n) is 6.53. The zero-order valence-electron chi connectivity index (χ0n) is 15.2. The van der Waals surface area contributed by atoms with Gasteiger partial charge in [0.05, 0.1) is 22.7 Å². The Bertz CT molecular complexity index is 1110. The highest BCUT2D eigenvalue weighted by Crippen LogP contribution is 2.43. The number of carbonyl (C=O) groups is 2. The number of hydrogen-bond donors (Lipinski definition) is 1. The molecule has 1 aliphatic heterocycles. The molecule has 0 spiro atoms. The lowest BCUT2D eigenvalue weighted by Crippen LogP contribution is -2.34. The van der Waals surface area contributed by atoms with Gasteiger partial charge in [-0.2, -0.15) is 0 Å². The van der Waals surface area contributed by atoms with E-state index in [-0.39, 0.29) is 23.8 Å². The molecule has 4 rings (SSSR count). The number of amides is 1. The standard InChI is InChI=1S/C23H16FNO3S/c24-18-9-6-16(7-10-18)14-25-19-13-17(23(27)28)8-11-20(19)29-21(22(25)26)12-15-4-2-1-3-5-15/h1-13H,14H2,(H,27,28). The summed E-state index contributed by atoms with van der Waals surface area (Å²) in [7, 11) is 0. The number of carboxylic acids is 1. The number of carboxylic acid groups (broad SMARTS) is 1. The Morgan fingerprint density at radius 2 is 1.76 bits per heavy atom. The first kappa shape index (κ1) is 19.0. The van der Waals surface area contributed by atoms with E-state index >= 15 is 0 Å². The van der Waals surface area contributed by atoms with Crippen LogP contribution in [-0.4, -0.2) is 17.0 Å². The van der Waals surface area contributed by atoms with Gasteiger partial charge in [-0.1, -0.05) is 54.2 Å². The summed E-state index contributed by atoms with van der Waals surface area (Å²) < 4.78 is 13.3. The number of thioether (sulfide) groups is 1. The van der Waals surface area contributed by atoms with Crippen molar-refractivity contribution in [2.45, 2.75) is 11.4 Å². The zero-order valence-corrected chi connectivity index (χ0v) is 16.0. The summed E-state index contributed by atoms with van der Waals surface area (Å²) in [6.07, 6.45) is 1.82. The second kappa shape index (κ2) is 7.93. The van der Waals surface area contributed by atoms with Crippen molar-refractivity contribution >= 4 is 35.4 Å². The molecule has 144 valence electrons. The third-order valence-corrected chi connectivity index (χ3v) is 5.60. The minimum atomic E-state index is -1.06. The first-order valence-electron chi connectivity index (χ1n) is 8.89. The van der Waals surface area contributed by atoms with E-state index in [9.17, 15) is 19.1 Å². The third-order valence-electron chi connectivity index (χ3n) is 4.52. The molecule has 1 aliphatic rings. The lowest BCUT2D eigenvalue weighted by molar-refractivity contribution is -0.114. The monoisotopic (exact) mass is 405 g/mol. The number of halogens is 1. The minimum Gasteiger partial charge on any atom is -0.478 e. The van der Waals surface area contributed by atoms with Gasteiger partial charge >= 0.3 is 5.97 Å². The Morgan fingerprint density at radius 1 is 1.03 bits per heavy atom. The van der Waals surface area contributed by atoms with Crippen LogP contribution >= 0.6 is 11.8 Å². The zero-order chi connectivity index (χ0) is 20.4. The number of carbonyl (C=O) groups excluding carboxylic acids is 1. The fourth-order valence-electron chi connectivity index (χ4n) is 3.07. The highest BCUT2D eigenvalue weighted by Gasteiger charge is 2.30. The maximum atomic E-state index is 13.3. The molecule has 0 fully saturated rings. The van der Waals surface area contributed by atoms with Gasteiger partial charge in [-0.15, -0.1) is 0 Å². The summed E-state index contributed by atoms with van der Waals surface area (Å²) in [5, 5.41) is 9.34. The molecule has 0 radical (unpaired) electrons. The van der Waals surface area contributed by atoms with E-state index in [0.717, 1.165) is 16.0 Å². The second-order valence-corrected chi connectivity index (χ2v) is 7.61. The van der Waals surface area contributed by atoms with Gasteiger partial charge in [0, 0.05) is 4.90 Å².